The van der Waals surface area contributed by atoms with Crippen LogP contribution in [0.3, 0.4) is 0 Å². The molecule has 3 heterocycles. The molecule has 1 atom stereocenters. The van der Waals surface area contributed by atoms with Crippen molar-refractivity contribution in [1.82, 2.24) is 4.57 Å². The molecule has 0 radical (unpaired) electrons. The SMILES string of the molecule is c1ccc(N2c3ccccc3NC2c2ccc(-n3c4c5ccccc5ccc4c4ccc5c6ccc7ccccc7c6oc5c43)cc2)cc1. The Labute approximate surface area is 282 Å². The summed E-state index contributed by atoms with van der Waals surface area (Å²) in [5, 5.41) is 13.2. The summed E-state index contributed by atoms with van der Waals surface area (Å²) in [7, 11) is 0. The number of benzene rings is 8. The summed E-state index contributed by atoms with van der Waals surface area (Å²) in [5.74, 6) is 0. The van der Waals surface area contributed by atoms with Gasteiger partial charge in [0.2, 0.25) is 0 Å². The molecule has 4 heteroatoms. The van der Waals surface area contributed by atoms with Gasteiger partial charge in [-0.05, 0) is 64.9 Å². The molecule has 8 aromatic carbocycles. The number of nitrogens with zero attached hydrogens (tertiary/aromatic N) is 2. The minimum atomic E-state index is -0.0387. The van der Waals surface area contributed by atoms with Gasteiger partial charge in [-0.3, -0.25) is 0 Å². The molecule has 2 aromatic heterocycles. The van der Waals surface area contributed by atoms with E-state index in [1.807, 2.05) is 0 Å². The Morgan fingerprint density at radius 3 is 1.88 bits per heavy atom. The number of nitrogens with one attached hydrogen (secondary N) is 1. The molecule has 0 aliphatic carbocycles. The molecule has 10 aromatic rings. The van der Waals surface area contributed by atoms with Crippen LogP contribution in [0.1, 0.15) is 11.7 Å². The summed E-state index contributed by atoms with van der Waals surface area (Å²) in [4.78, 5) is 2.39. The summed E-state index contributed by atoms with van der Waals surface area (Å²) in [5.41, 5.74) is 9.88. The lowest BCUT2D eigenvalue weighted by Gasteiger charge is -2.27. The average molecular weight is 628 g/mol. The second-order valence-electron chi connectivity index (χ2n) is 13.0. The number of hydrogen-bond acceptors (Lipinski definition) is 3. The fourth-order valence-electron chi connectivity index (χ4n) is 8.15. The van der Waals surface area contributed by atoms with Gasteiger partial charge in [0.05, 0.1) is 22.4 Å². The Morgan fingerprint density at radius 2 is 1.04 bits per heavy atom. The van der Waals surface area contributed by atoms with E-state index in [0.717, 1.165) is 49.9 Å². The molecule has 1 N–H and O–H groups in total. The van der Waals surface area contributed by atoms with E-state index >= 15 is 0 Å². The normalized spacial score (nSPS) is 14.4. The second kappa shape index (κ2) is 9.99. The Bertz CT molecular complexity index is 2920. The zero-order valence-corrected chi connectivity index (χ0v) is 26.5. The maximum atomic E-state index is 6.95. The molecule has 1 aliphatic rings. The zero-order chi connectivity index (χ0) is 32.1. The molecule has 0 spiro atoms. The molecule has 1 unspecified atom stereocenters. The van der Waals surface area contributed by atoms with Crippen LogP contribution in [0.2, 0.25) is 0 Å². The summed E-state index contributed by atoms with van der Waals surface area (Å²) in [6, 6.07) is 58.8. The Morgan fingerprint density at radius 1 is 0.429 bits per heavy atom. The predicted molar refractivity (Wildman–Crippen MR) is 204 cm³/mol. The number of furan rings is 1. The van der Waals surface area contributed by atoms with Crippen molar-refractivity contribution in [2.24, 2.45) is 0 Å². The lowest BCUT2D eigenvalue weighted by molar-refractivity contribution is 0.675. The Balaban J connectivity index is 1.17. The number of para-hydroxylation sites is 3. The lowest BCUT2D eigenvalue weighted by Crippen LogP contribution is -2.23. The van der Waals surface area contributed by atoms with Crippen molar-refractivity contribution in [3.63, 3.8) is 0 Å². The standard InChI is InChI=1S/C45H29N3O/c1-2-12-31(13-3-1)47-40-17-9-8-16-39(40)46-45(47)30-18-22-32(23-19-30)48-41-33-14-6-4-10-28(33)20-24-35(41)36-26-27-38-37-25-21-29-11-5-7-15-34(29)43(37)49-44(38)42(36)48/h1-27,45-46H. The number of fused-ring (bicyclic) bond motifs is 12. The van der Waals surface area contributed by atoms with Crippen LogP contribution in [-0.2, 0) is 0 Å². The third-order valence-electron chi connectivity index (χ3n) is 10.4. The van der Waals surface area contributed by atoms with Crippen LogP contribution in [0.15, 0.2) is 168 Å². The maximum absolute atomic E-state index is 6.95. The van der Waals surface area contributed by atoms with Crippen molar-refractivity contribution >= 4 is 82.4 Å². The molecule has 0 fully saturated rings. The Kier molecular flexibility index (Phi) is 5.41. The average Bonchev–Trinajstić information content (AvgIpc) is 3.85. The topological polar surface area (TPSA) is 33.3 Å². The third kappa shape index (κ3) is 3.74. The van der Waals surface area contributed by atoms with Gasteiger partial charge in [-0.25, -0.2) is 0 Å². The van der Waals surface area contributed by atoms with Crippen molar-refractivity contribution in [3.05, 3.63) is 169 Å². The fraction of sp³-hybridized carbons (Fsp3) is 0.0222. The summed E-state index contributed by atoms with van der Waals surface area (Å²) >= 11 is 0. The minimum Gasteiger partial charge on any atom is -0.453 e. The smallest absolute Gasteiger partial charge is 0.160 e. The number of anilines is 3. The van der Waals surface area contributed by atoms with Crippen LogP contribution in [-0.4, -0.2) is 4.57 Å². The van der Waals surface area contributed by atoms with Gasteiger partial charge in [0.15, 0.2) is 5.58 Å². The van der Waals surface area contributed by atoms with Crippen LogP contribution in [0.25, 0.3) is 71.0 Å². The third-order valence-corrected chi connectivity index (χ3v) is 10.4. The highest BCUT2D eigenvalue weighted by molar-refractivity contribution is 6.26. The van der Waals surface area contributed by atoms with E-state index in [-0.39, 0.29) is 6.17 Å². The van der Waals surface area contributed by atoms with Crippen LogP contribution >= 0.6 is 0 Å². The summed E-state index contributed by atoms with van der Waals surface area (Å²) in [6.45, 7) is 0. The van der Waals surface area contributed by atoms with E-state index < -0.39 is 0 Å². The maximum Gasteiger partial charge on any atom is 0.160 e. The first kappa shape index (κ1) is 26.5. The predicted octanol–water partition coefficient (Wildman–Crippen LogP) is 12.3. The van der Waals surface area contributed by atoms with E-state index in [0.29, 0.717) is 0 Å². The van der Waals surface area contributed by atoms with Gasteiger partial charge >= 0.3 is 0 Å². The molecule has 0 amide bonds. The lowest BCUT2D eigenvalue weighted by atomic mass is 10.0. The molecule has 0 saturated carbocycles. The molecule has 4 nitrogen and oxygen atoms in total. The first-order valence-corrected chi connectivity index (χ1v) is 16.8. The van der Waals surface area contributed by atoms with Crippen molar-refractivity contribution in [2.45, 2.75) is 6.17 Å². The molecule has 0 bridgehead atoms. The van der Waals surface area contributed by atoms with Crippen molar-refractivity contribution in [3.8, 4) is 5.69 Å². The van der Waals surface area contributed by atoms with Crippen molar-refractivity contribution in [1.29, 1.82) is 0 Å². The highest BCUT2D eigenvalue weighted by Crippen LogP contribution is 2.47. The van der Waals surface area contributed by atoms with Crippen LogP contribution < -0.4 is 10.2 Å². The largest absolute Gasteiger partial charge is 0.453 e. The van der Waals surface area contributed by atoms with Gasteiger partial charge in [0.25, 0.3) is 0 Å². The van der Waals surface area contributed by atoms with Gasteiger partial charge in [0.1, 0.15) is 11.7 Å². The molecule has 1 aliphatic heterocycles. The van der Waals surface area contributed by atoms with Gasteiger partial charge in [0, 0.05) is 43.7 Å². The molecule has 11 rings (SSSR count). The van der Waals surface area contributed by atoms with Gasteiger partial charge in [-0.2, -0.15) is 0 Å². The Hall–Kier alpha value is -6.52. The van der Waals surface area contributed by atoms with Gasteiger partial charge in [-0.1, -0.05) is 115 Å². The minimum absolute atomic E-state index is 0.0387. The molecular weight excluding hydrogens is 599 g/mol. The van der Waals surface area contributed by atoms with E-state index in [1.165, 1.54) is 43.7 Å². The number of rotatable bonds is 3. The molecular formula is C45H29N3O. The van der Waals surface area contributed by atoms with E-state index in [1.54, 1.807) is 0 Å². The zero-order valence-electron chi connectivity index (χ0n) is 26.5. The summed E-state index contributed by atoms with van der Waals surface area (Å²) < 4.78 is 9.38. The number of aromatic nitrogens is 1. The molecule has 230 valence electrons. The van der Waals surface area contributed by atoms with E-state index in [2.05, 4.69) is 179 Å². The quantitative estimate of drug-likeness (QED) is 0.212. The molecule has 49 heavy (non-hydrogen) atoms. The first-order chi connectivity index (χ1) is 24.3. The van der Waals surface area contributed by atoms with Crippen LogP contribution in [0.5, 0.6) is 0 Å². The number of hydrogen-bond donors (Lipinski definition) is 1. The highest BCUT2D eigenvalue weighted by atomic mass is 16.3. The van der Waals surface area contributed by atoms with Crippen LogP contribution in [0, 0.1) is 0 Å². The fourth-order valence-corrected chi connectivity index (χ4v) is 8.15. The van der Waals surface area contributed by atoms with Crippen molar-refractivity contribution in [2.75, 3.05) is 10.2 Å². The van der Waals surface area contributed by atoms with E-state index in [9.17, 15) is 0 Å². The summed E-state index contributed by atoms with van der Waals surface area (Å²) in [6.07, 6.45) is -0.0387. The van der Waals surface area contributed by atoms with Gasteiger partial charge < -0.3 is 19.2 Å². The van der Waals surface area contributed by atoms with Crippen LogP contribution in [0.4, 0.5) is 17.1 Å². The highest BCUT2D eigenvalue weighted by Gasteiger charge is 2.31. The second-order valence-corrected chi connectivity index (χ2v) is 13.0. The van der Waals surface area contributed by atoms with Gasteiger partial charge in [-0.15, -0.1) is 0 Å². The monoisotopic (exact) mass is 627 g/mol. The van der Waals surface area contributed by atoms with Crippen molar-refractivity contribution < 1.29 is 4.42 Å². The van der Waals surface area contributed by atoms with E-state index in [4.69, 9.17) is 4.42 Å². The molecule has 0 saturated heterocycles. The first-order valence-electron chi connectivity index (χ1n) is 16.8.